The normalized spacial score (nSPS) is 7.50. The summed E-state index contributed by atoms with van der Waals surface area (Å²) in [5.74, 6) is 0. The van der Waals surface area contributed by atoms with Crippen LogP contribution in [-0.2, 0) is 0 Å². The van der Waals surface area contributed by atoms with Crippen molar-refractivity contribution in [3.8, 4) is 0 Å². The zero-order chi connectivity index (χ0) is 4.50. The zero-order valence-corrected chi connectivity index (χ0v) is 6.81. The molecule has 0 aliphatic rings. The number of hydrogen-bond acceptors (Lipinski definition) is 0. The third-order valence-electron chi connectivity index (χ3n) is 0. The molecule has 0 saturated carbocycles. The molecule has 0 heterocycles. The Hall–Kier alpha value is 1.07. The van der Waals surface area contributed by atoms with E-state index in [2.05, 4.69) is 28.2 Å². The summed E-state index contributed by atoms with van der Waals surface area (Å²) < 4.78 is 1.00. The second kappa shape index (κ2) is 8.07. The maximum Gasteiger partial charge on any atom is 0.187 e. The number of halogens is 2. The predicted octanol–water partition coefficient (Wildman–Crippen LogP) is -3.44. The molecule has 0 unspecified atom stereocenters. The second-order valence-corrected chi connectivity index (χ2v) is 2.68. The lowest BCUT2D eigenvalue weighted by molar-refractivity contribution is -0.849. The van der Waals surface area contributed by atoms with E-state index in [0.29, 0.717) is 0 Å². The highest BCUT2D eigenvalue weighted by Crippen LogP contribution is 1.73. The molecule has 8 heavy (non-hydrogen) atoms. The maximum absolute atomic E-state index is 2.12. The Kier molecular flexibility index (Phi) is 23.2. The molecular formula is C4H16AlCl2N. The molecule has 0 aromatic heterocycles. The van der Waals surface area contributed by atoms with Crippen LogP contribution in [-0.4, -0.2) is 50.0 Å². The Morgan fingerprint density at radius 1 is 0.875 bits per heavy atom. The molecule has 0 amide bonds. The monoisotopic (exact) mass is 175 g/mol. The second-order valence-electron chi connectivity index (χ2n) is 2.68. The number of hydrogen-bond donors (Lipinski definition) is 0. The minimum Gasteiger partial charge on any atom is -1.00 e. The Balaban J connectivity index is -0.0000000267. The molecule has 0 rings (SSSR count). The maximum atomic E-state index is 2.12. The highest BCUT2D eigenvalue weighted by Gasteiger charge is 1.88. The molecular weight excluding hydrogens is 160 g/mol. The fourth-order valence-electron chi connectivity index (χ4n) is 0. The summed E-state index contributed by atoms with van der Waals surface area (Å²) in [6, 6.07) is 0. The van der Waals surface area contributed by atoms with E-state index in [-0.39, 0.29) is 42.2 Å². The van der Waals surface area contributed by atoms with Gasteiger partial charge in [-0.15, -0.1) is 12.4 Å². The van der Waals surface area contributed by atoms with Crippen LogP contribution in [0.1, 0.15) is 0 Å². The van der Waals surface area contributed by atoms with E-state index >= 15 is 0 Å². The molecule has 4 heteroatoms. The molecule has 0 aromatic carbocycles. The summed E-state index contributed by atoms with van der Waals surface area (Å²) in [4.78, 5) is 0. The molecule has 0 aliphatic heterocycles. The van der Waals surface area contributed by atoms with Crippen LogP contribution in [0.25, 0.3) is 0 Å². The Morgan fingerprint density at radius 3 is 0.875 bits per heavy atom. The third-order valence-corrected chi connectivity index (χ3v) is 0. The Morgan fingerprint density at radius 2 is 0.875 bits per heavy atom. The number of nitrogens with zero attached hydrogens (tertiary/aromatic N) is 1. The quantitative estimate of drug-likeness (QED) is 0.266. The summed E-state index contributed by atoms with van der Waals surface area (Å²) in [5, 5.41) is 0. The first kappa shape index (κ1) is 23.0. The summed E-state index contributed by atoms with van der Waals surface area (Å²) in [5.41, 5.74) is 0. The van der Waals surface area contributed by atoms with Crippen LogP contribution >= 0.6 is 12.4 Å². The van der Waals surface area contributed by atoms with E-state index in [1.165, 1.54) is 0 Å². The van der Waals surface area contributed by atoms with Gasteiger partial charge in [0.05, 0.1) is 28.2 Å². The summed E-state index contributed by atoms with van der Waals surface area (Å²) in [6.45, 7) is 0. The van der Waals surface area contributed by atoms with Gasteiger partial charge in [-0.3, -0.25) is 0 Å². The van der Waals surface area contributed by atoms with Crippen LogP contribution in [0.15, 0.2) is 0 Å². The van der Waals surface area contributed by atoms with E-state index in [4.69, 9.17) is 0 Å². The minimum absolute atomic E-state index is 0. The molecule has 0 saturated heterocycles. The topological polar surface area (TPSA) is 0 Å². The van der Waals surface area contributed by atoms with Gasteiger partial charge in [0.25, 0.3) is 0 Å². The average Bonchev–Trinajstić information content (AvgIpc) is 0.722. The number of rotatable bonds is 0. The summed E-state index contributed by atoms with van der Waals surface area (Å²) in [7, 11) is 8.50. The highest BCUT2D eigenvalue weighted by atomic mass is 35.5. The van der Waals surface area contributed by atoms with Crippen LogP contribution in [0.2, 0.25) is 0 Å². The molecule has 0 fully saturated rings. The summed E-state index contributed by atoms with van der Waals surface area (Å²) >= 11 is 0. The van der Waals surface area contributed by atoms with Crippen molar-refractivity contribution >= 4 is 29.8 Å². The van der Waals surface area contributed by atoms with E-state index < -0.39 is 0 Å². The largest absolute Gasteiger partial charge is 1.00 e. The van der Waals surface area contributed by atoms with Gasteiger partial charge in [0.1, 0.15) is 0 Å². The van der Waals surface area contributed by atoms with Gasteiger partial charge in [0.2, 0.25) is 0 Å². The molecule has 1 nitrogen and oxygen atoms in total. The van der Waals surface area contributed by atoms with Gasteiger partial charge in [0, 0.05) is 0 Å². The van der Waals surface area contributed by atoms with Gasteiger partial charge >= 0.3 is 0 Å². The van der Waals surface area contributed by atoms with Crippen LogP contribution in [0.4, 0.5) is 0 Å². The van der Waals surface area contributed by atoms with Gasteiger partial charge in [-0.1, -0.05) is 0 Å². The first-order valence-corrected chi connectivity index (χ1v) is 1.79. The first-order chi connectivity index (χ1) is 2.00. The minimum atomic E-state index is 0. The molecule has 0 radical (unpaired) electrons. The van der Waals surface area contributed by atoms with E-state index in [1.54, 1.807) is 0 Å². The lowest BCUT2D eigenvalue weighted by Crippen LogP contribution is -3.00. The average molecular weight is 176 g/mol. The summed E-state index contributed by atoms with van der Waals surface area (Å²) in [6.07, 6.45) is 0. The Bertz CT molecular complexity index is 29.5. The molecule has 0 aromatic rings. The first-order valence-electron chi connectivity index (χ1n) is 1.79. The van der Waals surface area contributed by atoms with Crippen molar-refractivity contribution in [2.45, 2.75) is 0 Å². The molecule has 0 spiro atoms. The van der Waals surface area contributed by atoms with Gasteiger partial charge in [-0.25, -0.2) is 0 Å². The molecule has 0 N–H and O–H groups in total. The van der Waals surface area contributed by atoms with Crippen molar-refractivity contribution in [1.82, 2.24) is 0 Å². The van der Waals surface area contributed by atoms with Crippen molar-refractivity contribution in [3.63, 3.8) is 0 Å². The van der Waals surface area contributed by atoms with Crippen molar-refractivity contribution in [3.05, 3.63) is 0 Å². The van der Waals surface area contributed by atoms with Crippen molar-refractivity contribution in [1.29, 1.82) is 0 Å². The standard InChI is InChI=1S/C4H12N.Al.2ClH.3H/c1-5(2,3)4;;;;;;/h1-4H3;;2*1H;;;/q+1;;;;;;/p-1. The Labute approximate surface area is 75.0 Å². The van der Waals surface area contributed by atoms with Gasteiger partial charge < -0.3 is 16.9 Å². The van der Waals surface area contributed by atoms with Gasteiger partial charge in [0.15, 0.2) is 17.4 Å². The molecule has 0 bridgehead atoms. The smallest absolute Gasteiger partial charge is 0.187 e. The van der Waals surface area contributed by atoms with E-state index in [1.807, 2.05) is 0 Å². The van der Waals surface area contributed by atoms with Crippen molar-refractivity contribution < 1.29 is 16.9 Å². The lowest BCUT2D eigenvalue weighted by Gasteiger charge is -2.14. The number of quaternary nitrogens is 1. The van der Waals surface area contributed by atoms with Gasteiger partial charge in [-0.2, -0.15) is 0 Å². The molecule has 0 atom stereocenters. The fraction of sp³-hybridized carbons (Fsp3) is 1.00. The SMILES string of the molecule is C[N+](C)(C)C.Cl.[AlH3].[Cl-]. The predicted molar refractivity (Wildman–Crippen MR) is 41.1 cm³/mol. The van der Waals surface area contributed by atoms with Crippen LogP contribution in [0.3, 0.4) is 0 Å². The van der Waals surface area contributed by atoms with Crippen LogP contribution in [0.5, 0.6) is 0 Å². The fourth-order valence-corrected chi connectivity index (χ4v) is 0. The lowest BCUT2D eigenvalue weighted by atomic mass is 10.8. The van der Waals surface area contributed by atoms with Crippen molar-refractivity contribution in [2.24, 2.45) is 0 Å². The van der Waals surface area contributed by atoms with Crippen LogP contribution in [0, 0.1) is 0 Å². The zero-order valence-electron chi connectivity index (χ0n) is 5.23. The van der Waals surface area contributed by atoms with Gasteiger partial charge in [-0.05, 0) is 0 Å². The van der Waals surface area contributed by atoms with Crippen molar-refractivity contribution in [2.75, 3.05) is 28.2 Å². The third kappa shape index (κ3) is 227. The molecule has 54 valence electrons. The van der Waals surface area contributed by atoms with Crippen LogP contribution < -0.4 is 12.4 Å². The molecule has 0 aliphatic carbocycles. The van der Waals surface area contributed by atoms with E-state index in [0.717, 1.165) is 4.48 Å². The highest BCUT2D eigenvalue weighted by molar-refractivity contribution is 5.85. The van der Waals surface area contributed by atoms with E-state index in [9.17, 15) is 0 Å².